The van der Waals surface area contributed by atoms with E-state index in [0.717, 1.165) is 0 Å². The van der Waals surface area contributed by atoms with Crippen molar-refractivity contribution in [1.29, 1.82) is 0 Å². The second-order valence-electron chi connectivity index (χ2n) is 10.5. The van der Waals surface area contributed by atoms with Crippen molar-refractivity contribution in [1.82, 2.24) is 19.5 Å². The SMILES string of the molecule is CC(C)(C)[Si](C)(C)O[C@@H]1[C@H](OP(=O)(O)O)[C@@H](CO)O[C@H]1n1cnc2c(NC(=O)c3ccccc3)ncnc21. The second kappa shape index (κ2) is 10.5. The molecule has 4 atom stereocenters. The number of rotatable bonds is 8. The van der Waals surface area contributed by atoms with Crippen molar-refractivity contribution in [3.8, 4) is 0 Å². The lowest BCUT2D eigenvalue weighted by molar-refractivity contribution is -0.0495. The van der Waals surface area contributed by atoms with Crippen LogP contribution in [0.1, 0.15) is 37.4 Å². The van der Waals surface area contributed by atoms with Gasteiger partial charge in [0.1, 0.15) is 24.6 Å². The van der Waals surface area contributed by atoms with Crippen molar-refractivity contribution in [3.05, 3.63) is 48.5 Å². The molecule has 0 bridgehead atoms. The Morgan fingerprint density at radius 3 is 2.45 bits per heavy atom. The van der Waals surface area contributed by atoms with E-state index in [-0.39, 0.29) is 27.9 Å². The Labute approximate surface area is 220 Å². The van der Waals surface area contributed by atoms with E-state index in [0.29, 0.717) is 5.56 Å². The summed E-state index contributed by atoms with van der Waals surface area (Å²) in [6.07, 6.45) is -1.73. The monoisotopic (exact) mass is 565 g/mol. The van der Waals surface area contributed by atoms with Crippen molar-refractivity contribution in [2.75, 3.05) is 11.9 Å². The third kappa shape index (κ3) is 5.87. The maximum Gasteiger partial charge on any atom is 0.470 e. The first-order valence-electron chi connectivity index (χ1n) is 11.9. The molecule has 2 aromatic heterocycles. The number of aliphatic hydroxyl groups excluding tert-OH is 1. The van der Waals surface area contributed by atoms with Crippen LogP contribution in [0.5, 0.6) is 0 Å². The standard InChI is InChI=1S/C23H32N5O8PSi/c1-23(2,3)38(4,5)36-18-17(35-37(31,32)33)15(11-29)34-22(18)28-13-26-16-19(24-12-25-20(16)28)27-21(30)14-9-7-6-8-10-14/h6-10,12-13,15,17-18,22,29H,11H2,1-5H3,(H2,31,32,33)(H,24,25,27,30)/t15-,17-,18-,22-/m1/s1. The molecule has 1 fully saturated rings. The van der Waals surface area contributed by atoms with Crippen LogP contribution in [0.3, 0.4) is 0 Å². The van der Waals surface area contributed by atoms with Gasteiger partial charge in [-0.05, 0) is 30.3 Å². The van der Waals surface area contributed by atoms with Crippen LogP contribution in [0.4, 0.5) is 5.82 Å². The Bertz CT molecular complexity index is 1340. The summed E-state index contributed by atoms with van der Waals surface area (Å²) in [5.74, 6) is -0.212. The zero-order valence-corrected chi connectivity index (χ0v) is 23.6. The minimum absolute atomic E-state index is 0.171. The molecule has 15 heteroatoms. The third-order valence-electron chi connectivity index (χ3n) is 6.86. The topological polar surface area (TPSA) is 178 Å². The molecule has 13 nitrogen and oxygen atoms in total. The number of carbonyl (C=O) groups excluding carboxylic acids is 1. The molecule has 206 valence electrons. The van der Waals surface area contributed by atoms with Gasteiger partial charge >= 0.3 is 7.82 Å². The number of imidazole rings is 1. The Hall–Kier alpha value is -2.55. The van der Waals surface area contributed by atoms with Gasteiger partial charge in [0.05, 0.1) is 12.9 Å². The maximum atomic E-state index is 12.7. The van der Waals surface area contributed by atoms with Crippen molar-refractivity contribution >= 4 is 39.0 Å². The fraction of sp³-hybridized carbons (Fsp3) is 0.478. The minimum Gasteiger partial charge on any atom is -0.407 e. The summed E-state index contributed by atoms with van der Waals surface area (Å²) in [6.45, 7) is 9.46. The van der Waals surface area contributed by atoms with E-state index in [1.54, 1.807) is 30.3 Å². The number of ether oxygens (including phenoxy) is 1. The van der Waals surface area contributed by atoms with Crippen molar-refractivity contribution in [3.63, 3.8) is 0 Å². The van der Waals surface area contributed by atoms with E-state index < -0.39 is 47.3 Å². The number of phosphoric acid groups is 1. The quantitative estimate of drug-likeness (QED) is 0.233. The number of phosphoric ester groups is 1. The zero-order valence-electron chi connectivity index (χ0n) is 21.7. The van der Waals surface area contributed by atoms with Crippen LogP contribution in [0, 0.1) is 0 Å². The van der Waals surface area contributed by atoms with E-state index in [4.69, 9.17) is 13.7 Å². The molecule has 1 amide bonds. The van der Waals surface area contributed by atoms with E-state index in [2.05, 4.69) is 20.3 Å². The molecule has 1 aliphatic rings. The highest BCUT2D eigenvalue weighted by Crippen LogP contribution is 2.48. The van der Waals surface area contributed by atoms with E-state index in [1.807, 2.05) is 33.9 Å². The summed E-state index contributed by atoms with van der Waals surface area (Å²) >= 11 is 0. The molecule has 1 aromatic carbocycles. The van der Waals surface area contributed by atoms with E-state index in [1.165, 1.54) is 17.2 Å². The first-order valence-corrected chi connectivity index (χ1v) is 16.4. The summed E-state index contributed by atoms with van der Waals surface area (Å²) in [6, 6.07) is 8.61. The molecule has 0 spiro atoms. The van der Waals surface area contributed by atoms with Crippen LogP contribution in [0.25, 0.3) is 11.2 Å². The number of carbonyl (C=O) groups is 1. The molecule has 4 rings (SSSR count). The van der Waals surface area contributed by atoms with Crippen molar-refractivity contribution < 1.29 is 37.9 Å². The van der Waals surface area contributed by atoms with Gasteiger partial charge in [-0.3, -0.25) is 13.9 Å². The minimum atomic E-state index is -4.97. The van der Waals surface area contributed by atoms with Gasteiger partial charge in [0.25, 0.3) is 5.91 Å². The van der Waals surface area contributed by atoms with Gasteiger partial charge < -0.3 is 29.4 Å². The van der Waals surface area contributed by atoms with Crippen LogP contribution >= 0.6 is 7.82 Å². The molecule has 0 saturated carbocycles. The molecule has 3 aromatic rings. The molecule has 1 saturated heterocycles. The van der Waals surface area contributed by atoms with Crippen LogP contribution < -0.4 is 5.32 Å². The highest BCUT2D eigenvalue weighted by atomic mass is 31.2. The molecule has 1 aliphatic heterocycles. The number of anilines is 1. The highest BCUT2D eigenvalue weighted by molar-refractivity contribution is 7.46. The zero-order chi connectivity index (χ0) is 27.9. The molecule has 0 radical (unpaired) electrons. The lowest BCUT2D eigenvalue weighted by atomic mass is 10.1. The summed E-state index contributed by atoms with van der Waals surface area (Å²) < 4.78 is 31.1. The largest absolute Gasteiger partial charge is 0.470 e. The number of nitrogens with one attached hydrogen (secondary N) is 1. The van der Waals surface area contributed by atoms with Crippen molar-refractivity contribution in [2.45, 2.75) is 63.4 Å². The van der Waals surface area contributed by atoms with Crippen LogP contribution in [0.15, 0.2) is 43.0 Å². The summed E-state index contributed by atoms with van der Waals surface area (Å²) in [7, 11) is -7.51. The van der Waals surface area contributed by atoms with E-state index >= 15 is 0 Å². The van der Waals surface area contributed by atoms with Gasteiger partial charge in [-0.25, -0.2) is 19.5 Å². The molecule has 38 heavy (non-hydrogen) atoms. The van der Waals surface area contributed by atoms with Crippen LogP contribution in [0.2, 0.25) is 18.1 Å². The van der Waals surface area contributed by atoms with Crippen LogP contribution in [-0.4, -0.2) is 73.6 Å². The Balaban J connectivity index is 1.74. The number of benzene rings is 1. The fourth-order valence-electron chi connectivity index (χ4n) is 3.91. The number of aliphatic hydroxyl groups is 1. The van der Waals surface area contributed by atoms with Crippen molar-refractivity contribution in [2.24, 2.45) is 0 Å². The van der Waals surface area contributed by atoms with Crippen LogP contribution in [-0.2, 0) is 18.3 Å². The predicted molar refractivity (Wildman–Crippen MR) is 140 cm³/mol. The third-order valence-corrected chi connectivity index (χ3v) is 11.9. The lowest BCUT2D eigenvalue weighted by Gasteiger charge is -2.40. The number of hydrogen-bond donors (Lipinski definition) is 4. The highest BCUT2D eigenvalue weighted by Gasteiger charge is 2.53. The smallest absolute Gasteiger partial charge is 0.407 e. The molecular formula is C23H32N5O8PSi. The number of hydrogen-bond acceptors (Lipinski definition) is 9. The summed E-state index contributed by atoms with van der Waals surface area (Å²) in [5.41, 5.74) is 0.987. The summed E-state index contributed by atoms with van der Waals surface area (Å²) in [5, 5.41) is 12.5. The van der Waals surface area contributed by atoms with Gasteiger partial charge in [-0.1, -0.05) is 39.0 Å². The lowest BCUT2D eigenvalue weighted by Crippen LogP contribution is -2.49. The fourth-order valence-corrected chi connectivity index (χ4v) is 5.76. The van der Waals surface area contributed by atoms with Gasteiger partial charge in [-0.2, -0.15) is 0 Å². The molecular weight excluding hydrogens is 533 g/mol. The van der Waals surface area contributed by atoms with Gasteiger partial charge in [0, 0.05) is 5.56 Å². The average Bonchev–Trinajstić information content (AvgIpc) is 3.40. The predicted octanol–water partition coefficient (Wildman–Crippen LogP) is 2.84. The first kappa shape index (κ1) is 28.5. The summed E-state index contributed by atoms with van der Waals surface area (Å²) in [4.78, 5) is 44.8. The molecule has 0 aliphatic carbocycles. The number of amides is 1. The van der Waals surface area contributed by atoms with Gasteiger partial charge in [-0.15, -0.1) is 0 Å². The Kier molecular flexibility index (Phi) is 7.90. The van der Waals surface area contributed by atoms with E-state index in [9.17, 15) is 24.3 Å². The number of nitrogens with zero attached hydrogens (tertiary/aromatic N) is 4. The second-order valence-corrected chi connectivity index (χ2v) is 16.5. The normalized spacial score (nSPS) is 22.6. The molecule has 0 unspecified atom stereocenters. The number of fused-ring (bicyclic) bond motifs is 1. The molecule has 3 heterocycles. The first-order chi connectivity index (χ1) is 17.7. The van der Waals surface area contributed by atoms with Gasteiger partial charge in [0.15, 0.2) is 31.5 Å². The Morgan fingerprint density at radius 1 is 1.16 bits per heavy atom. The Morgan fingerprint density at radius 2 is 1.84 bits per heavy atom. The maximum absolute atomic E-state index is 12.7. The van der Waals surface area contributed by atoms with Gasteiger partial charge in [0.2, 0.25) is 0 Å². The molecule has 4 N–H and O–H groups in total. The number of aromatic nitrogens is 4. The average molecular weight is 566 g/mol.